The first kappa shape index (κ1) is 10.8. The standard InChI is InChI=1S/C9H12Cl2N2/c1-5(2)8(12)9-6(10)3-4-7(11)13-9/h3-5,8H,12H2,1-2H3. The number of halogens is 2. The second-order valence-corrected chi connectivity index (χ2v) is 4.07. The Morgan fingerprint density at radius 3 is 2.46 bits per heavy atom. The Morgan fingerprint density at radius 2 is 1.92 bits per heavy atom. The average molecular weight is 219 g/mol. The topological polar surface area (TPSA) is 38.9 Å². The van der Waals surface area contributed by atoms with E-state index < -0.39 is 0 Å². The second kappa shape index (κ2) is 4.27. The number of rotatable bonds is 2. The fraction of sp³-hybridized carbons (Fsp3) is 0.444. The van der Waals surface area contributed by atoms with Gasteiger partial charge >= 0.3 is 0 Å². The SMILES string of the molecule is CC(C)C(N)c1nc(Cl)ccc1Cl. The van der Waals surface area contributed by atoms with Gasteiger partial charge in [-0.1, -0.05) is 37.0 Å². The lowest BCUT2D eigenvalue weighted by molar-refractivity contribution is 0.503. The van der Waals surface area contributed by atoms with Crippen LogP contribution in [0.3, 0.4) is 0 Å². The van der Waals surface area contributed by atoms with Crippen LogP contribution in [0.5, 0.6) is 0 Å². The van der Waals surface area contributed by atoms with Crippen LogP contribution in [0.2, 0.25) is 10.2 Å². The van der Waals surface area contributed by atoms with Crippen molar-refractivity contribution >= 4 is 23.2 Å². The van der Waals surface area contributed by atoms with Gasteiger partial charge in [0.2, 0.25) is 0 Å². The van der Waals surface area contributed by atoms with Gasteiger partial charge in [-0.05, 0) is 18.1 Å². The van der Waals surface area contributed by atoms with Gasteiger partial charge in [-0.2, -0.15) is 0 Å². The molecule has 1 aromatic heterocycles. The lowest BCUT2D eigenvalue weighted by Gasteiger charge is -2.16. The highest BCUT2D eigenvalue weighted by Crippen LogP contribution is 2.25. The van der Waals surface area contributed by atoms with E-state index in [4.69, 9.17) is 28.9 Å². The Hall–Kier alpha value is -0.310. The van der Waals surface area contributed by atoms with Crippen LogP contribution in [0.4, 0.5) is 0 Å². The van der Waals surface area contributed by atoms with Gasteiger partial charge in [0, 0.05) is 0 Å². The van der Waals surface area contributed by atoms with Crippen molar-refractivity contribution in [2.24, 2.45) is 11.7 Å². The van der Waals surface area contributed by atoms with Crippen molar-refractivity contribution < 1.29 is 0 Å². The first-order chi connectivity index (χ1) is 6.02. The summed E-state index contributed by atoms with van der Waals surface area (Å²) in [4.78, 5) is 4.10. The molecule has 0 fully saturated rings. The molecular formula is C9H12Cl2N2. The molecule has 0 aliphatic carbocycles. The minimum Gasteiger partial charge on any atom is -0.322 e. The van der Waals surface area contributed by atoms with Gasteiger partial charge in [0.05, 0.1) is 16.8 Å². The molecule has 0 spiro atoms. The summed E-state index contributed by atoms with van der Waals surface area (Å²) in [6.07, 6.45) is 0. The van der Waals surface area contributed by atoms with Gasteiger partial charge in [0.15, 0.2) is 0 Å². The number of pyridine rings is 1. The third-order valence-corrected chi connectivity index (χ3v) is 2.40. The number of aromatic nitrogens is 1. The van der Waals surface area contributed by atoms with Crippen LogP contribution in [0.25, 0.3) is 0 Å². The van der Waals surface area contributed by atoms with Crippen LogP contribution in [0.15, 0.2) is 12.1 Å². The zero-order chi connectivity index (χ0) is 10.0. The van der Waals surface area contributed by atoms with E-state index >= 15 is 0 Å². The predicted octanol–water partition coefficient (Wildman–Crippen LogP) is 3.04. The van der Waals surface area contributed by atoms with Crippen molar-refractivity contribution in [1.82, 2.24) is 4.98 Å². The Bertz CT molecular complexity index is 300. The summed E-state index contributed by atoms with van der Waals surface area (Å²) < 4.78 is 0. The highest BCUT2D eigenvalue weighted by molar-refractivity contribution is 6.32. The molecule has 2 nitrogen and oxygen atoms in total. The van der Waals surface area contributed by atoms with Gasteiger partial charge in [-0.15, -0.1) is 0 Å². The Labute approximate surface area is 88.1 Å². The van der Waals surface area contributed by atoms with Crippen LogP contribution >= 0.6 is 23.2 Å². The van der Waals surface area contributed by atoms with Gasteiger partial charge < -0.3 is 5.73 Å². The molecule has 72 valence electrons. The zero-order valence-electron chi connectivity index (χ0n) is 7.59. The van der Waals surface area contributed by atoms with E-state index in [1.165, 1.54) is 0 Å². The third kappa shape index (κ3) is 2.56. The summed E-state index contributed by atoms with van der Waals surface area (Å²) in [5.74, 6) is 0.295. The third-order valence-electron chi connectivity index (χ3n) is 1.87. The molecule has 4 heteroatoms. The Morgan fingerprint density at radius 1 is 1.31 bits per heavy atom. The number of hydrogen-bond donors (Lipinski definition) is 1. The van der Waals surface area contributed by atoms with Crippen molar-refractivity contribution in [3.63, 3.8) is 0 Å². The molecule has 1 heterocycles. The Balaban J connectivity index is 3.05. The summed E-state index contributed by atoms with van der Waals surface area (Å²) in [6, 6.07) is 3.21. The van der Waals surface area contributed by atoms with Gasteiger partial charge in [-0.25, -0.2) is 4.98 Å². The second-order valence-electron chi connectivity index (χ2n) is 3.27. The fourth-order valence-corrected chi connectivity index (χ4v) is 1.37. The molecule has 0 aliphatic rings. The van der Waals surface area contributed by atoms with Crippen LogP contribution < -0.4 is 5.73 Å². The maximum absolute atomic E-state index is 5.93. The van der Waals surface area contributed by atoms with Crippen molar-refractivity contribution in [1.29, 1.82) is 0 Å². The normalized spacial score (nSPS) is 13.4. The first-order valence-electron chi connectivity index (χ1n) is 4.10. The molecule has 1 atom stereocenters. The highest BCUT2D eigenvalue weighted by atomic mass is 35.5. The molecule has 1 aromatic rings. The summed E-state index contributed by atoms with van der Waals surface area (Å²) in [5.41, 5.74) is 6.57. The monoisotopic (exact) mass is 218 g/mol. The number of nitrogens with two attached hydrogens (primary N) is 1. The molecule has 0 saturated heterocycles. The van der Waals surface area contributed by atoms with Crippen molar-refractivity contribution in [3.05, 3.63) is 28.0 Å². The van der Waals surface area contributed by atoms with E-state index in [9.17, 15) is 0 Å². The molecule has 0 aromatic carbocycles. The maximum atomic E-state index is 5.93. The summed E-state index contributed by atoms with van der Waals surface area (Å²) >= 11 is 11.7. The molecule has 0 saturated carbocycles. The minimum absolute atomic E-state index is 0.161. The van der Waals surface area contributed by atoms with Gasteiger partial charge in [0.1, 0.15) is 5.15 Å². The smallest absolute Gasteiger partial charge is 0.129 e. The molecule has 0 radical (unpaired) electrons. The van der Waals surface area contributed by atoms with E-state index in [0.29, 0.717) is 21.8 Å². The largest absolute Gasteiger partial charge is 0.322 e. The molecule has 1 rings (SSSR count). The Kier molecular flexibility index (Phi) is 3.54. The van der Waals surface area contributed by atoms with Gasteiger partial charge in [0.25, 0.3) is 0 Å². The van der Waals surface area contributed by atoms with Crippen LogP contribution in [0.1, 0.15) is 25.6 Å². The van der Waals surface area contributed by atoms with E-state index in [0.717, 1.165) is 0 Å². The maximum Gasteiger partial charge on any atom is 0.129 e. The molecule has 13 heavy (non-hydrogen) atoms. The molecule has 0 bridgehead atoms. The van der Waals surface area contributed by atoms with Crippen molar-refractivity contribution in [3.8, 4) is 0 Å². The summed E-state index contributed by atoms with van der Waals surface area (Å²) in [6.45, 7) is 4.03. The number of nitrogens with zero attached hydrogens (tertiary/aromatic N) is 1. The molecule has 1 unspecified atom stereocenters. The average Bonchev–Trinajstić information content (AvgIpc) is 2.08. The molecular weight excluding hydrogens is 207 g/mol. The lowest BCUT2D eigenvalue weighted by Crippen LogP contribution is -2.18. The van der Waals surface area contributed by atoms with E-state index in [1.54, 1.807) is 12.1 Å². The predicted molar refractivity (Wildman–Crippen MR) is 56.0 cm³/mol. The quantitative estimate of drug-likeness (QED) is 0.776. The minimum atomic E-state index is -0.161. The number of hydrogen-bond acceptors (Lipinski definition) is 2. The molecule has 0 amide bonds. The van der Waals surface area contributed by atoms with Crippen molar-refractivity contribution in [2.75, 3.05) is 0 Å². The van der Waals surface area contributed by atoms with Gasteiger partial charge in [-0.3, -0.25) is 0 Å². The first-order valence-corrected chi connectivity index (χ1v) is 4.85. The fourth-order valence-electron chi connectivity index (χ4n) is 0.983. The molecule has 2 N–H and O–H groups in total. The lowest BCUT2D eigenvalue weighted by atomic mass is 10.0. The molecule has 0 aliphatic heterocycles. The summed E-state index contributed by atoms with van der Waals surface area (Å²) in [5, 5.41) is 1.00. The van der Waals surface area contributed by atoms with Crippen LogP contribution in [-0.2, 0) is 0 Å². The summed E-state index contributed by atoms with van der Waals surface area (Å²) in [7, 11) is 0. The van der Waals surface area contributed by atoms with E-state index in [2.05, 4.69) is 4.98 Å². The van der Waals surface area contributed by atoms with Crippen LogP contribution in [0, 0.1) is 5.92 Å². The van der Waals surface area contributed by atoms with Crippen molar-refractivity contribution in [2.45, 2.75) is 19.9 Å². The van der Waals surface area contributed by atoms with E-state index in [1.807, 2.05) is 13.8 Å². The zero-order valence-corrected chi connectivity index (χ0v) is 9.10. The van der Waals surface area contributed by atoms with Crippen LogP contribution in [-0.4, -0.2) is 4.98 Å². The highest BCUT2D eigenvalue weighted by Gasteiger charge is 2.15. The van der Waals surface area contributed by atoms with E-state index in [-0.39, 0.29) is 6.04 Å².